The molecule has 0 spiro atoms. The third-order valence-electron chi connectivity index (χ3n) is 1.62. The predicted octanol–water partition coefficient (Wildman–Crippen LogP) is 3.01. The van der Waals surface area contributed by atoms with Gasteiger partial charge in [-0.2, -0.15) is 39.5 Å². The molecule has 0 aliphatic rings. The molecule has 0 radical (unpaired) electrons. The van der Waals surface area contributed by atoms with Crippen molar-refractivity contribution in [1.82, 2.24) is 0 Å². The Kier molecular flexibility index (Phi) is 4.70. The summed E-state index contributed by atoms with van der Waals surface area (Å²) in [5.41, 5.74) is 0. The minimum Gasteiger partial charge on any atom is -0.363 e. The molecule has 19 heavy (non-hydrogen) atoms. The van der Waals surface area contributed by atoms with Gasteiger partial charge in [-0.05, 0) is 0 Å². The van der Waals surface area contributed by atoms with Crippen molar-refractivity contribution in [1.29, 1.82) is 0 Å². The first-order chi connectivity index (χ1) is 8.07. The molecule has 2 nitrogen and oxygen atoms in total. The summed E-state index contributed by atoms with van der Waals surface area (Å²) >= 11 is 0. The fourth-order valence-electron chi connectivity index (χ4n) is 0.591. The third kappa shape index (κ3) is 3.38. The van der Waals surface area contributed by atoms with Crippen molar-refractivity contribution >= 4 is 0 Å². The molecule has 0 bridgehead atoms. The van der Waals surface area contributed by atoms with E-state index in [1.807, 2.05) is 4.74 Å². The fraction of sp³-hybridized carbons (Fsp3) is 1.00. The van der Waals surface area contributed by atoms with Crippen molar-refractivity contribution in [3.8, 4) is 0 Å². The lowest BCUT2D eigenvalue weighted by molar-refractivity contribution is -0.453. The third-order valence-corrected chi connectivity index (χ3v) is 1.62. The summed E-state index contributed by atoms with van der Waals surface area (Å²) in [6, 6.07) is 0. The second-order valence-electron chi connectivity index (χ2n) is 3.03. The van der Waals surface area contributed by atoms with Crippen LogP contribution in [-0.2, 0) is 4.74 Å². The fourth-order valence-corrected chi connectivity index (χ4v) is 0.591. The molecule has 1 unspecified atom stereocenters. The van der Waals surface area contributed by atoms with Gasteiger partial charge >= 0.3 is 30.6 Å². The number of hydrogen-bond donors (Lipinski definition) is 1. The monoisotopic (exact) mass is 316 g/mol. The minimum absolute atomic E-state index is 2.04. The normalized spacial score (nSPS) is 16.9. The van der Waals surface area contributed by atoms with Crippen LogP contribution in [0.25, 0.3) is 0 Å². The van der Waals surface area contributed by atoms with E-state index in [-0.39, 0.29) is 0 Å². The van der Waals surface area contributed by atoms with E-state index in [1.54, 1.807) is 0 Å². The zero-order chi connectivity index (χ0) is 15.9. The van der Waals surface area contributed by atoms with Crippen LogP contribution in [0.5, 0.6) is 0 Å². The summed E-state index contributed by atoms with van der Waals surface area (Å²) in [5.74, 6) is -12.8. The molecule has 0 heterocycles. The van der Waals surface area contributed by atoms with Crippen LogP contribution in [-0.4, -0.2) is 42.0 Å². The average molecular weight is 316 g/mol. The molecule has 0 aromatic carbocycles. The van der Waals surface area contributed by atoms with Crippen molar-refractivity contribution in [2.45, 2.75) is 36.8 Å². The molecule has 0 aliphatic carbocycles. The highest BCUT2D eigenvalue weighted by atomic mass is 19.4. The van der Waals surface area contributed by atoms with Gasteiger partial charge in [0.2, 0.25) is 6.29 Å². The van der Waals surface area contributed by atoms with Gasteiger partial charge in [-0.25, -0.2) is 8.78 Å². The number of aliphatic hydroxyl groups is 1. The summed E-state index contributed by atoms with van der Waals surface area (Å²) in [6.07, 6.45) is -23.0. The van der Waals surface area contributed by atoms with E-state index in [0.717, 1.165) is 0 Å². The Hall–Kier alpha value is -0.850. The molecule has 0 aromatic rings. The van der Waals surface area contributed by atoms with Crippen LogP contribution in [0.15, 0.2) is 0 Å². The molecule has 116 valence electrons. The van der Waals surface area contributed by atoms with E-state index in [1.165, 1.54) is 0 Å². The van der Waals surface area contributed by atoms with Crippen molar-refractivity contribution in [3.05, 3.63) is 0 Å². The molecule has 0 fully saturated rings. The molecular weight excluding hydrogens is 313 g/mol. The highest BCUT2D eigenvalue weighted by Crippen LogP contribution is 2.45. The number of ether oxygens (including phenoxy) is 1. The quantitative estimate of drug-likeness (QED) is 0.624. The lowest BCUT2D eigenvalue weighted by Crippen LogP contribution is -2.57. The highest BCUT2D eigenvalue weighted by Gasteiger charge is 2.71. The molecule has 13 heteroatoms. The molecule has 0 saturated heterocycles. The van der Waals surface area contributed by atoms with E-state index in [0.29, 0.717) is 0 Å². The van der Waals surface area contributed by atoms with Crippen LogP contribution in [0.3, 0.4) is 0 Å². The van der Waals surface area contributed by atoms with E-state index in [9.17, 15) is 48.3 Å². The average Bonchev–Trinajstić information content (AvgIpc) is 2.14. The Morgan fingerprint density at radius 1 is 0.737 bits per heavy atom. The largest absolute Gasteiger partial charge is 0.483 e. The van der Waals surface area contributed by atoms with Crippen LogP contribution in [0, 0.1) is 0 Å². The van der Waals surface area contributed by atoms with Crippen LogP contribution >= 0.6 is 0 Å². The summed E-state index contributed by atoms with van der Waals surface area (Å²) in [4.78, 5) is 0. The number of rotatable bonds is 5. The van der Waals surface area contributed by atoms with Crippen LogP contribution in [0.1, 0.15) is 0 Å². The van der Waals surface area contributed by atoms with Gasteiger partial charge in [0, 0.05) is 0 Å². The summed E-state index contributed by atoms with van der Waals surface area (Å²) in [5, 5.41) is 8.09. The molecule has 0 rings (SSSR count). The van der Waals surface area contributed by atoms with Gasteiger partial charge in [-0.1, -0.05) is 0 Å². The van der Waals surface area contributed by atoms with Gasteiger partial charge in [0.1, 0.15) is 0 Å². The van der Waals surface area contributed by atoms with Gasteiger partial charge in [0.15, 0.2) is 0 Å². The molecule has 1 atom stereocenters. The molecule has 0 aromatic heterocycles. The first kappa shape index (κ1) is 18.1. The van der Waals surface area contributed by atoms with Crippen molar-refractivity contribution in [2.75, 3.05) is 0 Å². The second-order valence-corrected chi connectivity index (χ2v) is 3.03. The smallest absolute Gasteiger partial charge is 0.363 e. The maximum atomic E-state index is 12.5. The molecule has 0 saturated carbocycles. The van der Waals surface area contributed by atoms with Gasteiger partial charge in [0.25, 0.3) is 0 Å². The Bertz CT molecular complexity index is 309. The summed E-state index contributed by atoms with van der Waals surface area (Å²) in [7, 11) is 0. The van der Waals surface area contributed by atoms with E-state index in [4.69, 9.17) is 5.11 Å². The SMILES string of the molecule is OC(OC(F)(F)C(F)(F)F)C(F)(F)C(F)(F)C(F)F. The lowest BCUT2D eigenvalue weighted by atomic mass is 10.1. The number of halogens is 11. The Labute approximate surface area is 96.3 Å². The molecule has 0 amide bonds. The van der Waals surface area contributed by atoms with Gasteiger partial charge in [-0.15, -0.1) is 0 Å². The Morgan fingerprint density at radius 2 is 1.11 bits per heavy atom. The topological polar surface area (TPSA) is 29.5 Å². The second kappa shape index (κ2) is 4.92. The van der Waals surface area contributed by atoms with Crippen LogP contribution < -0.4 is 0 Å². The first-order valence-electron chi connectivity index (χ1n) is 3.91. The van der Waals surface area contributed by atoms with Gasteiger partial charge in [0.05, 0.1) is 0 Å². The van der Waals surface area contributed by atoms with Gasteiger partial charge in [-0.3, -0.25) is 4.74 Å². The highest BCUT2D eigenvalue weighted by molar-refractivity contribution is 4.90. The maximum absolute atomic E-state index is 12.5. The van der Waals surface area contributed by atoms with E-state index < -0.39 is 36.8 Å². The zero-order valence-electron chi connectivity index (χ0n) is 8.17. The van der Waals surface area contributed by atoms with Crippen LogP contribution in [0.2, 0.25) is 0 Å². The van der Waals surface area contributed by atoms with E-state index >= 15 is 0 Å². The molecular formula is C6H3F11O2. The summed E-state index contributed by atoms with van der Waals surface area (Å²) < 4.78 is 133. The zero-order valence-corrected chi connectivity index (χ0v) is 8.17. The predicted molar refractivity (Wildman–Crippen MR) is 34.0 cm³/mol. The number of aliphatic hydroxyl groups excluding tert-OH is 1. The maximum Gasteiger partial charge on any atom is 0.483 e. The number of alkyl halides is 11. The van der Waals surface area contributed by atoms with Crippen molar-refractivity contribution in [2.24, 2.45) is 0 Å². The molecule has 0 aliphatic heterocycles. The van der Waals surface area contributed by atoms with Crippen molar-refractivity contribution < 1.29 is 58.1 Å². The summed E-state index contributed by atoms with van der Waals surface area (Å²) in [6.45, 7) is 0. The first-order valence-corrected chi connectivity index (χ1v) is 3.91. The Morgan fingerprint density at radius 3 is 1.37 bits per heavy atom. The minimum atomic E-state index is -6.62. The van der Waals surface area contributed by atoms with Gasteiger partial charge < -0.3 is 5.11 Å². The Balaban J connectivity index is 5.18. The number of hydrogen-bond acceptors (Lipinski definition) is 2. The van der Waals surface area contributed by atoms with Crippen LogP contribution in [0.4, 0.5) is 48.3 Å². The lowest BCUT2D eigenvalue weighted by Gasteiger charge is -2.31. The van der Waals surface area contributed by atoms with Crippen molar-refractivity contribution in [3.63, 3.8) is 0 Å². The van der Waals surface area contributed by atoms with E-state index in [2.05, 4.69) is 0 Å². The standard InChI is InChI=1S/C6H3F11O2/c7-1(8)3(9,10)4(11,12)2(18)19-6(16,17)5(13,14)15/h1-2,18H. The molecule has 1 N–H and O–H groups in total.